The molecule has 0 aromatic heterocycles. The molecule has 1 unspecified atom stereocenters. The van der Waals surface area contributed by atoms with Crippen molar-refractivity contribution >= 4 is 0 Å². The molecule has 0 bridgehead atoms. The summed E-state index contributed by atoms with van der Waals surface area (Å²) >= 11 is 0. The van der Waals surface area contributed by atoms with Crippen molar-refractivity contribution in [2.75, 3.05) is 13.9 Å². The summed E-state index contributed by atoms with van der Waals surface area (Å²) in [5, 5.41) is 0. The standard InChI is InChI=1S/C16H17NO3/c1-18-14-5-3-2-4-12(14)8-13(17)11-6-7-15-16(9-11)20-10-19-15/h2-7,9,13H,8,10,17H2,1H3. The Balaban J connectivity index is 1.81. The lowest BCUT2D eigenvalue weighted by molar-refractivity contribution is 0.174. The predicted molar refractivity (Wildman–Crippen MR) is 76.2 cm³/mol. The third-order valence-electron chi connectivity index (χ3n) is 3.46. The third kappa shape index (κ3) is 2.42. The van der Waals surface area contributed by atoms with Crippen LogP contribution in [0.25, 0.3) is 0 Å². The maximum Gasteiger partial charge on any atom is 0.231 e. The lowest BCUT2D eigenvalue weighted by Gasteiger charge is -2.15. The van der Waals surface area contributed by atoms with Gasteiger partial charge in [0.05, 0.1) is 7.11 Å². The summed E-state index contributed by atoms with van der Waals surface area (Å²) in [6, 6.07) is 13.6. The van der Waals surface area contributed by atoms with Crippen molar-refractivity contribution in [1.82, 2.24) is 0 Å². The van der Waals surface area contributed by atoms with E-state index in [-0.39, 0.29) is 12.8 Å². The van der Waals surface area contributed by atoms with Crippen molar-refractivity contribution in [1.29, 1.82) is 0 Å². The number of ether oxygens (including phenoxy) is 3. The topological polar surface area (TPSA) is 53.7 Å². The number of benzene rings is 2. The van der Waals surface area contributed by atoms with E-state index in [4.69, 9.17) is 19.9 Å². The molecule has 1 aliphatic heterocycles. The van der Waals surface area contributed by atoms with Crippen molar-refractivity contribution in [2.24, 2.45) is 5.73 Å². The molecule has 2 aromatic rings. The van der Waals surface area contributed by atoms with Crippen molar-refractivity contribution in [3.05, 3.63) is 53.6 Å². The van der Waals surface area contributed by atoms with Crippen LogP contribution in [0.2, 0.25) is 0 Å². The molecule has 2 N–H and O–H groups in total. The number of nitrogens with two attached hydrogens (primary N) is 1. The fourth-order valence-corrected chi connectivity index (χ4v) is 2.37. The van der Waals surface area contributed by atoms with Gasteiger partial charge in [-0.15, -0.1) is 0 Å². The summed E-state index contributed by atoms with van der Waals surface area (Å²) in [6.45, 7) is 0.278. The molecule has 0 amide bonds. The van der Waals surface area contributed by atoms with Crippen LogP contribution in [0, 0.1) is 0 Å². The molecule has 1 aliphatic rings. The molecular weight excluding hydrogens is 254 g/mol. The number of para-hydroxylation sites is 1. The molecule has 1 atom stereocenters. The van der Waals surface area contributed by atoms with Crippen LogP contribution in [0.4, 0.5) is 0 Å². The van der Waals surface area contributed by atoms with E-state index < -0.39 is 0 Å². The molecule has 4 heteroatoms. The molecule has 4 nitrogen and oxygen atoms in total. The molecule has 1 heterocycles. The Bertz CT molecular complexity index is 612. The number of hydrogen-bond donors (Lipinski definition) is 1. The van der Waals surface area contributed by atoms with Crippen LogP contribution in [0.1, 0.15) is 17.2 Å². The molecule has 20 heavy (non-hydrogen) atoms. The van der Waals surface area contributed by atoms with Gasteiger partial charge >= 0.3 is 0 Å². The van der Waals surface area contributed by atoms with Gasteiger partial charge in [0.15, 0.2) is 11.5 Å². The minimum atomic E-state index is -0.110. The summed E-state index contributed by atoms with van der Waals surface area (Å²) in [7, 11) is 1.67. The molecule has 2 aromatic carbocycles. The average molecular weight is 271 g/mol. The Morgan fingerprint density at radius 3 is 2.80 bits per heavy atom. The second kappa shape index (κ2) is 5.43. The van der Waals surface area contributed by atoms with Gasteiger partial charge in [0.2, 0.25) is 6.79 Å². The highest BCUT2D eigenvalue weighted by Crippen LogP contribution is 2.34. The Kier molecular flexibility index (Phi) is 3.48. The molecule has 3 rings (SSSR count). The molecule has 104 valence electrons. The first kappa shape index (κ1) is 12.8. The molecule has 0 fully saturated rings. The maximum atomic E-state index is 6.29. The van der Waals surface area contributed by atoms with Gasteiger partial charge in [-0.2, -0.15) is 0 Å². The van der Waals surface area contributed by atoms with Crippen LogP contribution in [0.3, 0.4) is 0 Å². The number of hydrogen-bond acceptors (Lipinski definition) is 4. The van der Waals surface area contributed by atoms with Crippen molar-refractivity contribution in [2.45, 2.75) is 12.5 Å². The molecular formula is C16H17NO3. The van der Waals surface area contributed by atoms with Gasteiger partial charge in [0.25, 0.3) is 0 Å². The van der Waals surface area contributed by atoms with Gasteiger partial charge in [-0.05, 0) is 35.7 Å². The molecule has 0 radical (unpaired) electrons. The zero-order valence-corrected chi connectivity index (χ0v) is 11.3. The highest BCUT2D eigenvalue weighted by Gasteiger charge is 2.17. The monoisotopic (exact) mass is 271 g/mol. The van der Waals surface area contributed by atoms with Crippen LogP contribution in [0.5, 0.6) is 17.2 Å². The Labute approximate surface area is 118 Å². The zero-order chi connectivity index (χ0) is 13.9. The summed E-state index contributed by atoms with van der Waals surface area (Å²) in [6.07, 6.45) is 0.712. The summed E-state index contributed by atoms with van der Waals surface area (Å²) in [4.78, 5) is 0. The third-order valence-corrected chi connectivity index (χ3v) is 3.46. The van der Waals surface area contributed by atoms with E-state index in [0.717, 1.165) is 28.4 Å². The van der Waals surface area contributed by atoms with Crippen LogP contribution < -0.4 is 19.9 Å². The lowest BCUT2D eigenvalue weighted by atomic mass is 9.99. The SMILES string of the molecule is COc1ccccc1CC(N)c1ccc2c(c1)OCO2. The average Bonchev–Trinajstić information content (AvgIpc) is 2.95. The van der Waals surface area contributed by atoms with Gasteiger partial charge in [0, 0.05) is 6.04 Å². The van der Waals surface area contributed by atoms with E-state index in [0.29, 0.717) is 6.42 Å². The second-order valence-corrected chi connectivity index (χ2v) is 4.74. The van der Waals surface area contributed by atoms with E-state index in [1.54, 1.807) is 7.11 Å². The van der Waals surface area contributed by atoms with Crippen LogP contribution in [-0.2, 0) is 6.42 Å². The summed E-state index contributed by atoms with van der Waals surface area (Å²) < 4.78 is 16.0. The van der Waals surface area contributed by atoms with Crippen molar-refractivity contribution in [3.8, 4) is 17.2 Å². The molecule has 0 aliphatic carbocycles. The minimum Gasteiger partial charge on any atom is -0.496 e. The van der Waals surface area contributed by atoms with Gasteiger partial charge in [-0.25, -0.2) is 0 Å². The Morgan fingerprint density at radius 1 is 1.15 bits per heavy atom. The number of rotatable bonds is 4. The molecule has 0 saturated carbocycles. The van der Waals surface area contributed by atoms with E-state index >= 15 is 0 Å². The normalized spacial score (nSPS) is 14.1. The van der Waals surface area contributed by atoms with Gasteiger partial charge < -0.3 is 19.9 Å². The Morgan fingerprint density at radius 2 is 1.95 bits per heavy atom. The lowest BCUT2D eigenvalue weighted by Crippen LogP contribution is -2.13. The highest BCUT2D eigenvalue weighted by atomic mass is 16.7. The van der Waals surface area contributed by atoms with E-state index in [1.165, 1.54) is 0 Å². The molecule has 0 saturated heterocycles. The van der Waals surface area contributed by atoms with Gasteiger partial charge in [0.1, 0.15) is 5.75 Å². The van der Waals surface area contributed by atoms with E-state index in [1.807, 2.05) is 42.5 Å². The van der Waals surface area contributed by atoms with E-state index in [2.05, 4.69) is 0 Å². The number of methoxy groups -OCH3 is 1. The smallest absolute Gasteiger partial charge is 0.231 e. The summed E-state index contributed by atoms with van der Waals surface area (Å²) in [5.74, 6) is 2.40. The zero-order valence-electron chi connectivity index (χ0n) is 11.3. The van der Waals surface area contributed by atoms with Gasteiger partial charge in [-0.3, -0.25) is 0 Å². The first-order valence-electron chi connectivity index (χ1n) is 6.55. The Hall–Kier alpha value is -2.20. The fraction of sp³-hybridized carbons (Fsp3) is 0.250. The highest BCUT2D eigenvalue weighted by molar-refractivity contribution is 5.46. The minimum absolute atomic E-state index is 0.110. The maximum absolute atomic E-state index is 6.29. The largest absolute Gasteiger partial charge is 0.496 e. The van der Waals surface area contributed by atoms with Gasteiger partial charge in [-0.1, -0.05) is 24.3 Å². The molecule has 0 spiro atoms. The van der Waals surface area contributed by atoms with Crippen LogP contribution >= 0.6 is 0 Å². The second-order valence-electron chi connectivity index (χ2n) is 4.74. The van der Waals surface area contributed by atoms with E-state index in [9.17, 15) is 0 Å². The van der Waals surface area contributed by atoms with Crippen molar-refractivity contribution in [3.63, 3.8) is 0 Å². The quantitative estimate of drug-likeness (QED) is 0.929. The fourth-order valence-electron chi connectivity index (χ4n) is 2.37. The first-order chi connectivity index (χ1) is 9.78. The van der Waals surface area contributed by atoms with Crippen LogP contribution in [0.15, 0.2) is 42.5 Å². The predicted octanol–water partition coefficient (Wildman–Crippen LogP) is 2.67. The van der Waals surface area contributed by atoms with Crippen molar-refractivity contribution < 1.29 is 14.2 Å². The summed E-state index contributed by atoms with van der Waals surface area (Å²) in [5.41, 5.74) is 8.42. The van der Waals surface area contributed by atoms with Crippen LogP contribution in [-0.4, -0.2) is 13.9 Å². The first-order valence-corrected chi connectivity index (χ1v) is 6.55. The number of fused-ring (bicyclic) bond motifs is 1.